The lowest BCUT2D eigenvalue weighted by Gasteiger charge is -2.27. The van der Waals surface area contributed by atoms with Crippen molar-refractivity contribution in [2.75, 3.05) is 13.2 Å². The van der Waals surface area contributed by atoms with Crippen LogP contribution in [0.3, 0.4) is 0 Å². The van der Waals surface area contributed by atoms with Crippen molar-refractivity contribution in [3.8, 4) is 0 Å². The first-order valence-electron chi connectivity index (χ1n) is 3.59. The SMILES string of the molecule is OC1(CC2COC2)CC1. The van der Waals surface area contributed by atoms with Crippen LogP contribution < -0.4 is 0 Å². The van der Waals surface area contributed by atoms with Gasteiger partial charge in [-0.1, -0.05) is 0 Å². The van der Waals surface area contributed by atoms with Crippen molar-refractivity contribution in [2.45, 2.75) is 24.9 Å². The molecule has 1 aliphatic carbocycles. The lowest BCUT2D eigenvalue weighted by Crippen LogP contribution is -2.31. The molecule has 1 heterocycles. The van der Waals surface area contributed by atoms with E-state index < -0.39 is 0 Å². The third-order valence-corrected chi connectivity index (χ3v) is 2.20. The Kier molecular flexibility index (Phi) is 1.08. The normalized spacial score (nSPS) is 31.7. The van der Waals surface area contributed by atoms with E-state index in [0.717, 1.165) is 32.5 Å². The van der Waals surface area contributed by atoms with Gasteiger partial charge in [0.05, 0.1) is 18.8 Å². The molecule has 1 aliphatic heterocycles. The van der Waals surface area contributed by atoms with Gasteiger partial charge in [-0.15, -0.1) is 0 Å². The van der Waals surface area contributed by atoms with Crippen LogP contribution in [0.1, 0.15) is 19.3 Å². The van der Waals surface area contributed by atoms with E-state index >= 15 is 0 Å². The molecule has 2 fully saturated rings. The van der Waals surface area contributed by atoms with Gasteiger partial charge in [0, 0.05) is 5.92 Å². The Bertz CT molecular complexity index is 114. The predicted octanol–water partition coefficient (Wildman–Crippen LogP) is 0.548. The molecule has 1 saturated carbocycles. The minimum Gasteiger partial charge on any atom is -0.390 e. The summed E-state index contributed by atoms with van der Waals surface area (Å²) in [5.41, 5.74) is -0.256. The zero-order valence-electron chi connectivity index (χ0n) is 5.47. The van der Waals surface area contributed by atoms with Crippen LogP contribution in [0.15, 0.2) is 0 Å². The number of aliphatic hydroxyl groups is 1. The Morgan fingerprint density at radius 3 is 2.44 bits per heavy atom. The molecule has 2 nitrogen and oxygen atoms in total. The molecule has 0 aromatic rings. The fraction of sp³-hybridized carbons (Fsp3) is 1.00. The van der Waals surface area contributed by atoms with Crippen LogP contribution in [0, 0.1) is 5.92 Å². The quantitative estimate of drug-likeness (QED) is 0.588. The van der Waals surface area contributed by atoms with E-state index in [2.05, 4.69) is 0 Å². The first-order chi connectivity index (χ1) is 4.29. The average molecular weight is 128 g/mol. The molecule has 0 spiro atoms. The van der Waals surface area contributed by atoms with Crippen molar-refractivity contribution >= 4 is 0 Å². The number of rotatable bonds is 2. The van der Waals surface area contributed by atoms with Crippen molar-refractivity contribution in [1.82, 2.24) is 0 Å². The van der Waals surface area contributed by atoms with E-state index in [-0.39, 0.29) is 5.60 Å². The third kappa shape index (κ3) is 1.10. The Morgan fingerprint density at radius 2 is 2.11 bits per heavy atom. The number of hydrogen-bond donors (Lipinski definition) is 1. The fourth-order valence-corrected chi connectivity index (χ4v) is 1.29. The highest BCUT2D eigenvalue weighted by Crippen LogP contribution is 2.41. The van der Waals surface area contributed by atoms with E-state index in [4.69, 9.17) is 4.74 Å². The topological polar surface area (TPSA) is 29.5 Å². The fourth-order valence-electron chi connectivity index (χ4n) is 1.29. The standard InChI is InChI=1S/C7H12O2/c8-7(1-2-7)3-6-4-9-5-6/h6,8H,1-5H2. The molecule has 1 N–H and O–H groups in total. The summed E-state index contributed by atoms with van der Waals surface area (Å²) in [4.78, 5) is 0. The van der Waals surface area contributed by atoms with Gasteiger partial charge in [0.25, 0.3) is 0 Å². The predicted molar refractivity (Wildman–Crippen MR) is 33.1 cm³/mol. The maximum atomic E-state index is 9.41. The summed E-state index contributed by atoms with van der Waals surface area (Å²) >= 11 is 0. The van der Waals surface area contributed by atoms with Crippen molar-refractivity contribution in [3.05, 3.63) is 0 Å². The van der Waals surface area contributed by atoms with E-state index in [9.17, 15) is 5.11 Å². The molecule has 0 aromatic heterocycles. The first-order valence-corrected chi connectivity index (χ1v) is 3.59. The molecule has 52 valence electrons. The molecular weight excluding hydrogens is 116 g/mol. The summed E-state index contributed by atoms with van der Waals surface area (Å²) in [5.74, 6) is 0.664. The lowest BCUT2D eigenvalue weighted by atomic mass is 9.99. The van der Waals surface area contributed by atoms with Gasteiger partial charge in [0.15, 0.2) is 0 Å². The van der Waals surface area contributed by atoms with Crippen molar-refractivity contribution in [1.29, 1.82) is 0 Å². The van der Waals surface area contributed by atoms with Crippen molar-refractivity contribution < 1.29 is 9.84 Å². The van der Waals surface area contributed by atoms with Gasteiger partial charge in [0.1, 0.15) is 0 Å². The molecule has 0 radical (unpaired) electrons. The third-order valence-electron chi connectivity index (χ3n) is 2.20. The minimum absolute atomic E-state index is 0.256. The largest absolute Gasteiger partial charge is 0.390 e. The van der Waals surface area contributed by atoms with Gasteiger partial charge < -0.3 is 9.84 Å². The molecule has 1 saturated heterocycles. The highest BCUT2D eigenvalue weighted by atomic mass is 16.5. The summed E-state index contributed by atoms with van der Waals surface area (Å²) in [7, 11) is 0. The second kappa shape index (κ2) is 1.70. The van der Waals surface area contributed by atoms with Crippen LogP contribution in [0.5, 0.6) is 0 Å². The Morgan fingerprint density at radius 1 is 1.44 bits per heavy atom. The van der Waals surface area contributed by atoms with Gasteiger partial charge >= 0.3 is 0 Å². The van der Waals surface area contributed by atoms with E-state index in [1.807, 2.05) is 0 Å². The molecule has 2 aliphatic rings. The summed E-state index contributed by atoms with van der Waals surface area (Å²) in [6, 6.07) is 0. The molecule has 0 amide bonds. The smallest absolute Gasteiger partial charge is 0.0654 e. The maximum absolute atomic E-state index is 9.41. The lowest BCUT2D eigenvalue weighted by molar-refractivity contribution is -0.0572. The van der Waals surface area contributed by atoms with Crippen molar-refractivity contribution in [3.63, 3.8) is 0 Å². The Labute approximate surface area is 54.8 Å². The Balaban J connectivity index is 1.76. The molecule has 0 aromatic carbocycles. The second-order valence-electron chi connectivity index (χ2n) is 3.33. The van der Waals surface area contributed by atoms with Gasteiger partial charge in [-0.2, -0.15) is 0 Å². The van der Waals surface area contributed by atoms with E-state index in [1.54, 1.807) is 0 Å². The summed E-state index contributed by atoms with van der Waals surface area (Å²) in [5, 5.41) is 9.41. The van der Waals surface area contributed by atoms with Crippen molar-refractivity contribution in [2.24, 2.45) is 5.92 Å². The molecule has 2 rings (SSSR count). The van der Waals surface area contributed by atoms with E-state index in [1.165, 1.54) is 0 Å². The zero-order chi connectivity index (χ0) is 6.32. The molecule has 0 atom stereocenters. The van der Waals surface area contributed by atoms with Crippen LogP contribution in [0.2, 0.25) is 0 Å². The second-order valence-corrected chi connectivity index (χ2v) is 3.33. The van der Waals surface area contributed by atoms with Gasteiger partial charge in [-0.25, -0.2) is 0 Å². The highest BCUT2D eigenvalue weighted by Gasteiger charge is 2.43. The van der Waals surface area contributed by atoms with E-state index in [0.29, 0.717) is 5.92 Å². The first kappa shape index (κ1) is 5.69. The zero-order valence-corrected chi connectivity index (χ0v) is 5.47. The number of ether oxygens (including phenoxy) is 1. The van der Waals surface area contributed by atoms with Crippen LogP contribution in [0.4, 0.5) is 0 Å². The Hall–Kier alpha value is -0.0800. The van der Waals surface area contributed by atoms with Crippen LogP contribution in [-0.4, -0.2) is 23.9 Å². The van der Waals surface area contributed by atoms with Gasteiger partial charge in [-0.3, -0.25) is 0 Å². The molecule has 0 unspecified atom stereocenters. The average Bonchev–Trinajstić information content (AvgIpc) is 2.39. The van der Waals surface area contributed by atoms with Gasteiger partial charge in [-0.05, 0) is 19.3 Å². The number of hydrogen-bond acceptors (Lipinski definition) is 2. The molecule has 2 heteroatoms. The van der Waals surface area contributed by atoms with Crippen LogP contribution in [-0.2, 0) is 4.74 Å². The van der Waals surface area contributed by atoms with Crippen LogP contribution in [0.25, 0.3) is 0 Å². The molecule has 0 bridgehead atoms. The highest BCUT2D eigenvalue weighted by molar-refractivity contribution is 4.95. The minimum atomic E-state index is -0.256. The molecular formula is C7H12O2. The monoisotopic (exact) mass is 128 g/mol. The molecule has 9 heavy (non-hydrogen) atoms. The summed E-state index contributed by atoms with van der Waals surface area (Å²) < 4.78 is 5.00. The van der Waals surface area contributed by atoms with Crippen LogP contribution >= 0.6 is 0 Å². The van der Waals surface area contributed by atoms with Gasteiger partial charge in [0.2, 0.25) is 0 Å². The maximum Gasteiger partial charge on any atom is 0.0654 e. The summed E-state index contributed by atoms with van der Waals surface area (Å²) in [6.07, 6.45) is 3.01. The summed E-state index contributed by atoms with van der Waals surface area (Å²) in [6.45, 7) is 1.75.